The number of aromatic nitrogens is 2. The normalized spacial score (nSPS) is 20.2. The van der Waals surface area contributed by atoms with Crippen molar-refractivity contribution in [1.29, 1.82) is 0 Å². The van der Waals surface area contributed by atoms with Crippen molar-refractivity contribution in [2.75, 3.05) is 24.2 Å². The number of ether oxygens (including phenoxy) is 1. The number of rotatable bonds is 3. The Balaban J connectivity index is 1.94. The molecule has 0 amide bonds. The summed E-state index contributed by atoms with van der Waals surface area (Å²) >= 11 is 5.61. The van der Waals surface area contributed by atoms with Crippen LogP contribution in [-0.2, 0) is 4.74 Å². The second-order valence-electron chi connectivity index (χ2n) is 3.13. The first-order chi connectivity index (χ1) is 6.75. The smallest absolute Gasteiger partial charge is 0.172 e. The molecular weight excluding hydrogens is 204 g/mol. The Labute approximate surface area is 86.6 Å². The molecule has 3 N–H and O–H groups in total. The molecule has 76 valence electrons. The molecule has 0 aliphatic carbocycles. The number of nitrogens with one attached hydrogen (secondary N) is 1. The minimum Gasteiger partial charge on any atom is -0.396 e. The molecule has 0 aromatic carbocycles. The highest BCUT2D eigenvalue weighted by Crippen LogP contribution is 2.18. The second-order valence-corrected chi connectivity index (χ2v) is 3.52. The third-order valence-corrected chi connectivity index (χ3v) is 2.27. The van der Waals surface area contributed by atoms with Gasteiger partial charge in [0.2, 0.25) is 0 Å². The summed E-state index contributed by atoms with van der Waals surface area (Å²) in [6.07, 6.45) is 1.35. The highest BCUT2D eigenvalue weighted by Gasteiger charge is 2.18. The van der Waals surface area contributed by atoms with Crippen LogP contribution in [0.15, 0.2) is 6.07 Å². The Morgan fingerprint density at radius 2 is 2.43 bits per heavy atom. The van der Waals surface area contributed by atoms with E-state index >= 15 is 0 Å². The highest BCUT2D eigenvalue weighted by molar-refractivity contribution is 6.29. The lowest BCUT2D eigenvalue weighted by molar-refractivity contribution is -0.0410. The van der Waals surface area contributed by atoms with Gasteiger partial charge in [-0.05, 0) is 6.42 Å². The van der Waals surface area contributed by atoms with E-state index in [2.05, 4.69) is 15.5 Å². The molecule has 14 heavy (non-hydrogen) atoms. The van der Waals surface area contributed by atoms with Gasteiger partial charge in [-0.25, -0.2) is 0 Å². The number of nitrogen functional groups attached to an aromatic ring is 1. The van der Waals surface area contributed by atoms with Crippen LogP contribution in [0.5, 0.6) is 0 Å². The average Bonchev–Trinajstić information content (AvgIpc) is 2.05. The topological polar surface area (TPSA) is 73.1 Å². The van der Waals surface area contributed by atoms with Gasteiger partial charge in [-0.3, -0.25) is 0 Å². The Hall–Kier alpha value is -1.07. The lowest BCUT2D eigenvalue weighted by Crippen LogP contribution is -2.33. The molecule has 0 saturated carbocycles. The molecule has 1 aromatic rings. The molecule has 1 aliphatic rings. The van der Waals surface area contributed by atoms with Crippen molar-refractivity contribution < 1.29 is 4.74 Å². The Kier molecular flexibility index (Phi) is 2.69. The third-order valence-electron chi connectivity index (χ3n) is 2.08. The van der Waals surface area contributed by atoms with Gasteiger partial charge in [-0.1, -0.05) is 11.6 Å². The fourth-order valence-corrected chi connectivity index (χ4v) is 1.33. The van der Waals surface area contributed by atoms with Crippen LogP contribution in [0, 0.1) is 0 Å². The minimum absolute atomic E-state index is 0.270. The van der Waals surface area contributed by atoms with E-state index in [1.807, 2.05) is 0 Å². The maximum atomic E-state index is 5.68. The van der Waals surface area contributed by atoms with Gasteiger partial charge in [0.15, 0.2) is 11.0 Å². The predicted octanol–water partition coefficient (Wildman–Crippen LogP) is 0.913. The minimum atomic E-state index is 0.270. The number of anilines is 2. The van der Waals surface area contributed by atoms with Gasteiger partial charge >= 0.3 is 0 Å². The molecule has 0 bridgehead atoms. The summed E-state index contributed by atoms with van der Waals surface area (Å²) < 4.78 is 5.24. The van der Waals surface area contributed by atoms with E-state index < -0.39 is 0 Å². The molecule has 5 nitrogen and oxygen atoms in total. The van der Waals surface area contributed by atoms with Crippen molar-refractivity contribution in [3.63, 3.8) is 0 Å². The van der Waals surface area contributed by atoms with E-state index in [1.54, 1.807) is 6.07 Å². The van der Waals surface area contributed by atoms with E-state index in [-0.39, 0.29) is 6.10 Å². The maximum Gasteiger partial charge on any atom is 0.172 e. The quantitative estimate of drug-likeness (QED) is 0.783. The Morgan fingerprint density at radius 1 is 1.64 bits per heavy atom. The Morgan fingerprint density at radius 3 is 3.00 bits per heavy atom. The number of hydrogen-bond donors (Lipinski definition) is 2. The number of nitrogens with zero attached hydrogens (tertiary/aromatic N) is 2. The molecule has 1 saturated heterocycles. The highest BCUT2D eigenvalue weighted by atomic mass is 35.5. The average molecular weight is 215 g/mol. The lowest BCUT2D eigenvalue weighted by Gasteiger charge is -2.26. The molecule has 2 rings (SSSR count). The molecule has 0 spiro atoms. The van der Waals surface area contributed by atoms with Crippen LogP contribution in [0.1, 0.15) is 6.42 Å². The van der Waals surface area contributed by atoms with E-state index in [1.165, 1.54) is 0 Å². The largest absolute Gasteiger partial charge is 0.396 e. The molecule has 1 aromatic heterocycles. The van der Waals surface area contributed by atoms with E-state index in [9.17, 15) is 0 Å². The van der Waals surface area contributed by atoms with E-state index in [0.29, 0.717) is 23.2 Å². The number of hydrogen-bond acceptors (Lipinski definition) is 5. The third kappa shape index (κ3) is 2.05. The summed E-state index contributed by atoms with van der Waals surface area (Å²) in [7, 11) is 0. The van der Waals surface area contributed by atoms with Crippen LogP contribution in [0.2, 0.25) is 5.15 Å². The van der Waals surface area contributed by atoms with E-state index in [4.69, 9.17) is 22.1 Å². The molecule has 2 heterocycles. The van der Waals surface area contributed by atoms with Crippen molar-refractivity contribution in [1.82, 2.24) is 10.2 Å². The zero-order valence-electron chi connectivity index (χ0n) is 7.53. The Bertz CT molecular complexity index is 329. The lowest BCUT2D eigenvalue weighted by atomic mass is 10.2. The van der Waals surface area contributed by atoms with Crippen LogP contribution in [0.4, 0.5) is 11.5 Å². The summed E-state index contributed by atoms with van der Waals surface area (Å²) in [5.74, 6) is 0.560. The van der Waals surface area contributed by atoms with Crippen LogP contribution >= 0.6 is 11.6 Å². The first-order valence-corrected chi connectivity index (χ1v) is 4.77. The van der Waals surface area contributed by atoms with Gasteiger partial charge < -0.3 is 15.8 Å². The van der Waals surface area contributed by atoms with Gasteiger partial charge in [0.1, 0.15) is 0 Å². The fourth-order valence-electron chi connectivity index (χ4n) is 1.17. The van der Waals surface area contributed by atoms with Crippen molar-refractivity contribution in [2.45, 2.75) is 12.5 Å². The molecule has 1 aliphatic heterocycles. The van der Waals surface area contributed by atoms with Crippen LogP contribution in [0.25, 0.3) is 0 Å². The molecule has 0 unspecified atom stereocenters. The maximum absolute atomic E-state index is 5.68. The number of halogens is 1. The molecule has 1 atom stereocenters. The van der Waals surface area contributed by atoms with Crippen molar-refractivity contribution in [2.24, 2.45) is 0 Å². The van der Waals surface area contributed by atoms with Gasteiger partial charge in [0.05, 0.1) is 11.8 Å². The fraction of sp³-hybridized carbons (Fsp3) is 0.500. The van der Waals surface area contributed by atoms with Crippen LogP contribution in [-0.4, -0.2) is 29.5 Å². The summed E-state index contributed by atoms with van der Waals surface area (Å²) in [5.41, 5.74) is 6.18. The van der Waals surface area contributed by atoms with Crippen LogP contribution < -0.4 is 11.1 Å². The molecule has 0 radical (unpaired) electrons. The monoisotopic (exact) mass is 214 g/mol. The van der Waals surface area contributed by atoms with Crippen molar-refractivity contribution in [3.8, 4) is 0 Å². The van der Waals surface area contributed by atoms with Crippen molar-refractivity contribution in [3.05, 3.63) is 11.2 Å². The van der Waals surface area contributed by atoms with Crippen LogP contribution in [0.3, 0.4) is 0 Å². The van der Waals surface area contributed by atoms with Gasteiger partial charge in [-0.2, -0.15) is 0 Å². The number of nitrogens with two attached hydrogens (primary N) is 1. The SMILES string of the molecule is Nc1cc(Cl)nnc1NC[C@@H]1CCO1. The first-order valence-electron chi connectivity index (χ1n) is 4.40. The summed E-state index contributed by atoms with van der Waals surface area (Å²) in [4.78, 5) is 0. The molecular formula is C8H11ClN4O. The zero-order chi connectivity index (χ0) is 9.97. The van der Waals surface area contributed by atoms with Crippen molar-refractivity contribution >= 4 is 23.1 Å². The standard InChI is InChI=1S/C8H11ClN4O/c9-7-3-6(10)8(13-12-7)11-4-5-1-2-14-5/h3,5H,1-2,4H2,(H2,10,12)(H,11,13)/t5-/m0/s1. The molecule has 1 fully saturated rings. The second kappa shape index (κ2) is 3.98. The summed E-state index contributed by atoms with van der Waals surface area (Å²) in [6.45, 7) is 1.55. The summed E-state index contributed by atoms with van der Waals surface area (Å²) in [6, 6.07) is 1.57. The summed E-state index contributed by atoms with van der Waals surface area (Å²) in [5, 5.41) is 10.9. The van der Waals surface area contributed by atoms with Gasteiger partial charge in [-0.15, -0.1) is 10.2 Å². The van der Waals surface area contributed by atoms with Gasteiger partial charge in [0.25, 0.3) is 0 Å². The zero-order valence-corrected chi connectivity index (χ0v) is 8.29. The molecule has 6 heteroatoms. The first kappa shape index (κ1) is 9.48. The van der Waals surface area contributed by atoms with E-state index in [0.717, 1.165) is 13.0 Å². The predicted molar refractivity (Wildman–Crippen MR) is 54.3 cm³/mol. The van der Waals surface area contributed by atoms with Gasteiger partial charge in [0, 0.05) is 19.2 Å².